The molecule has 0 spiro atoms. The van der Waals surface area contributed by atoms with Gasteiger partial charge in [0, 0.05) is 11.8 Å². The number of methoxy groups -OCH3 is 1. The molecule has 0 atom stereocenters. The van der Waals surface area contributed by atoms with Crippen molar-refractivity contribution in [3.05, 3.63) is 23.8 Å². The van der Waals surface area contributed by atoms with E-state index in [2.05, 4.69) is 0 Å². The van der Waals surface area contributed by atoms with Crippen molar-refractivity contribution in [1.29, 1.82) is 0 Å². The Morgan fingerprint density at radius 2 is 2.14 bits per heavy atom. The molecule has 0 saturated carbocycles. The molecule has 0 radical (unpaired) electrons. The molecule has 4 heteroatoms. The first kappa shape index (κ1) is 10.4. The summed E-state index contributed by atoms with van der Waals surface area (Å²) >= 11 is 0. The number of ether oxygens (including phenoxy) is 2. The fourth-order valence-electron chi connectivity index (χ4n) is 1.07. The number of hydrogen-bond acceptors (Lipinski definition) is 4. The van der Waals surface area contributed by atoms with Gasteiger partial charge in [0.1, 0.15) is 5.75 Å². The van der Waals surface area contributed by atoms with Crippen molar-refractivity contribution < 1.29 is 14.3 Å². The SMILES string of the molecule is CCOC(=O)c1cc(N)cc(OC)c1. The van der Waals surface area contributed by atoms with Gasteiger partial charge in [0.15, 0.2) is 0 Å². The molecule has 1 aromatic carbocycles. The van der Waals surface area contributed by atoms with Gasteiger partial charge < -0.3 is 15.2 Å². The lowest BCUT2D eigenvalue weighted by Crippen LogP contribution is -2.05. The third-order valence-corrected chi connectivity index (χ3v) is 1.68. The fraction of sp³-hybridized carbons (Fsp3) is 0.300. The van der Waals surface area contributed by atoms with E-state index in [9.17, 15) is 4.79 Å². The third-order valence-electron chi connectivity index (χ3n) is 1.68. The van der Waals surface area contributed by atoms with Crippen LogP contribution in [-0.4, -0.2) is 19.7 Å². The second kappa shape index (κ2) is 4.50. The van der Waals surface area contributed by atoms with Crippen molar-refractivity contribution in [3.63, 3.8) is 0 Å². The molecule has 76 valence electrons. The minimum atomic E-state index is -0.391. The maximum atomic E-state index is 11.3. The Morgan fingerprint density at radius 1 is 1.43 bits per heavy atom. The number of esters is 1. The maximum Gasteiger partial charge on any atom is 0.338 e. The summed E-state index contributed by atoms with van der Waals surface area (Å²) in [6.45, 7) is 2.09. The van der Waals surface area contributed by atoms with Crippen molar-refractivity contribution in [2.45, 2.75) is 6.92 Å². The Hall–Kier alpha value is -1.71. The molecule has 0 bridgehead atoms. The summed E-state index contributed by atoms with van der Waals surface area (Å²) in [6, 6.07) is 4.79. The molecule has 0 aliphatic rings. The molecule has 4 nitrogen and oxygen atoms in total. The first-order valence-corrected chi connectivity index (χ1v) is 4.29. The van der Waals surface area contributed by atoms with Gasteiger partial charge in [-0.05, 0) is 19.1 Å². The summed E-state index contributed by atoms with van der Waals surface area (Å²) in [6.07, 6.45) is 0. The van der Waals surface area contributed by atoms with Gasteiger partial charge in [0.25, 0.3) is 0 Å². The Morgan fingerprint density at radius 3 is 2.71 bits per heavy atom. The van der Waals surface area contributed by atoms with E-state index in [-0.39, 0.29) is 0 Å². The van der Waals surface area contributed by atoms with Crippen LogP contribution in [0.25, 0.3) is 0 Å². The Balaban J connectivity index is 2.96. The van der Waals surface area contributed by atoms with Crippen LogP contribution in [0, 0.1) is 0 Å². The van der Waals surface area contributed by atoms with Crippen LogP contribution in [0.5, 0.6) is 5.75 Å². The molecule has 0 saturated heterocycles. The van der Waals surface area contributed by atoms with E-state index < -0.39 is 5.97 Å². The average molecular weight is 195 g/mol. The van der Waals surface area contributed by atoms with Crippen molar-refractivity contribution in [3.8, 4) is 5.75 Å². The summed E-state index contributed by atoms with van der Waals surface area (Å²) in [7, 11) is 1.52. The highest BCUT2D eigenvalue weighted by Crippen LogP contribution is 2.18. The number of carbonyl (C=O) groups is 1. The van der Waals surface area contributed by atoms with Gasteiger partial charge in [-0.15, -0.1) is 0 Å². The molecular formula is C10H13NO3. The number of hydrogen-bond donors (Lipinski definition) is 1. The third kappa shape index (κ3) is 2.39. The van der Waals surface area contributed by atoms with Crippen LogP contribution in [-0.2, 0) is 4.74 Å². The molecule has 1 aromatic rings. The summed E-state index contributed by atoms with van der Waals surface area (Å²) in [5.41, 5.74) is 6.47. The van der Waals surface area contributed by atoms with Crippen LogP contribution in [0.4, 0.5) is 5.69 Å². The van der Waals surface area contributed by atoms with Crippen LogP contribution in [0.3, 0.4) is 0 Å². The van der Waals surface area contributed by atoms with Crippen molar-refractivity contribution in [2.24, 2.45) is 0 Å². The minimum absolute atomic E-state index is 0.343. The highest BCUT2D eigenvalue weighted by Gasteiger charge is 2.08. The van der Waals surface area contributed by atoms with E-state index >= 15 is 0 Å². The molecular weight excluding hydrogens is 182 g/mol. The van der Waals surface area contributed by atoms with Crippen LogP contribution in [0.2, 0.25) is 0 Å². The second-order valence-electron chi connectivity index (χ2n) is 2.72. The van der Waals surface area contributed by atoms with Gasteiger partial charge in [0.05, 0.1) is 19.3 Å². The van der Waals surface area contributed by atoms with Crippen LogP contribution >= 0.6 is 0 Å². The monoisotopic (exact) mass is 195 g/mol. The van der Waals surface area contributed by atoms with Gasteiger partial charge in [-0.2, -0.15) is 0 Å². The van der Waals surface area contributed by atoms with Crippen molar-refractivity contribution >= 4 is 11.7 Å². The van der Waals surface area contributed by atoms with Gasteiger partial charge >= 0.3 is 5.97 Å². The van der Waals surface area contributed by atoms with Gasteiger partial charge in [-0.1, -0.05) is 0 Å². The zero-order chi connectivity index (χ0) is 10.6. The lowest BCUT2D eigenvalue weighted by atomic mass is 10.2. The number of nitrogens with two attached hydrogens (primary N) is 1. The second-order valence-corrected chi connectivity index (χ2v) is 2.72. The van der Waals surface area contributed by atoms with Crippen LogP contribution in [0.1, 0.15) is 17.3 Å². The molecule has 0 aromatic heterocycles. The predicted octanol–water partition coefficient (Wildman–Crippen LogP) is 1.45. The zero-order valence-electron chi connectivity index (χ0n) is 8.24. The zero-order valence-corrected chi connectivity index (χ0v) is 8.24. The molecule has 0 amide bonds. The Kier molecular flexibility index (Phi) is 3.34. The molecule has 1 rings (SSSR count). The Labute approximate surface area is 82.6 Å². The lowest BCUT2D eigenvalue weighted by Gasteiger charge is -2.05. The molecule has 14 heavy (non-hydrogen) atoms. The summed E-state index contributed by atoms with van der Waals surface area (Å²) in [4.78, 5) is 11.3. The molecule has 0 aliphatic heterocycles. The van der Waals surface area contributed by atoms with Gasteiger partial charge in [-0.25, -0.2) is 4.79 Å². The number of benzene rings is 1. The summed E-state index contributed by atoms with van der Waals surface area (Å²) in [5.74, 6) is 0.158. The van der Waals surface area contributed by atoms with Crippen molar-refractivity contribution in [2.75, 3.05) is 19.5 Å². The summed E-state index contributed by atoms with van der Waals surface area (Å²) in [5, 5.41) is 0. The largest absolute Gasteiger partial charge is 0.497 e. The summed E-state index contributed by atoms with van der Waals surface area (Å²) < 4.78 is 9.81. The molecule has 0 heterocycles. The predicted molar refractivity (Wildman–Crippen MR) is 53.4 cm³/mol. The smallest absolute Gasteiger partial charge is 0.338 e. The van der Waals surface area contributed by atoms with E-state index in [1.54, 1.807) is 25.1 Å². The van der Waals surface area contributed by atoms with Gasteiger partial charge in [-0.3, -0.25) is 0 Å². The van der Waals surface area contributed by atoms with Crippen molar-refractivity contribution in [1.82, 2.24) is 0 Å². The number of nitrogen functional groups attached to an aromatic ring is 1. The van der Waals surface area contributed by atoms with Crippen LogP contribution < -0.4 is 10.5 Å². The fourth-order valence-corrected chi connectivity index (χ4v) is 1.07. The van der Waals surface area contributed by atoms with E-state index in [4.69, 9.17) is 15.2 Å². The average Bonchev–Trinajstić information content (AvgIpc) is 2.17. The van der Waals surface area contributed by atoms with Crippen LogP contribution in [0.15, 0.2) is 18.2 Å². The lowest BCUT2D eigenvalue weighted by molar-refractivity contribution is 0.0526. The standard InChI is InChI=1S/C10H13NO3/c1-3-14-10(12)7-4-8(11)6-9(5-7)13-2/h4-6H,3,11H2,1-2H3. The number of anilines is 1. The maximum absolute atomic E-state index is 11.3. The Bertz CT molecular complexity index is 336. The molecule has 0 aliphatic carbocycles. The minimum Gasteiger partial charge on any atom is -0.497 e. The molecule has 0 unspecified atom stereocenters. The number of rotatable bonds is 3. The van der Waals surface area contributed by atoms with Gasteiger partial charge in [0.2, 0.25) is 0 Å². The first-order chi connectivity index (χ1) is 6.67. The quantitative estimate of drug-likeness (QED) is 0.585. The van der Waals surface area contributed by atoms with E-state index in [1.807, 2.05) is 0 Å². The topological polar surface area (TPSA) is 61.5 Å². The molecule has 0 fully saturated rings. The van der Waals surface area contributed by atoms with E-state index in [0.29, 0.717) is 23.6 Å². The first-order valence-electron chi connectivity index (χ1n) is 4.29. The number of carbonyl (C=O) groups excluding carboxylic acids is 1. The highest BCUT2D eigenvalue weighted by atomic mass is 16.5. The highest BCUT2D eigenvalue weighted by molar-refractivity contribution is 5.91. The molecule has 2 N–H and O–H groups in total. The normalized spacial score (nSPS) is 9.57. The van der Waals surface area contributed by atoms with E-state index in [0.717, 1.165) is 0 Å². The van der Waals surface area contributed by atoms with E-state index in [1.165, 1.54) is 7.11 Å².